The molecule has 2 N–H and O–H groups in total. The van der Waals surface area contributed by atoms with Gasteiger partial charge in [0.25, 0.3) is 0 Å². The van der Waals surface area contributed by atoms with Gasteiger partial charge in [0.05, 0.1) is 10.8 Å². The average molecular weight is 296 g/mol. The topological polar surface area (TPSA) is 92.5 Å². The van der Waals surface area contributed by atoms with Crippen LogP contribution in [-0.4, -0.2) is 22.0 Å². The maximum atomic E-state index is 13.5. The van der Waals surface area contributed by atoms with Gasteiger partial charge in [-0.2, -0.15) is 4.39 Å². The molecular weight excluding hydrogens is 279 g/mol. The molecule has 1 fully saturated rings. The number of hydrogen-bond donors (Lipinski definition) is 2. The molecule has 1 aromatic rings. The van der Waals surface area contributed by atoms with Gasteiger partial charge >= 0.3 is 11.7 Å². The van der Waals surface area contributed by atoms with Crippen molar-refractivity contribution < 1.29 is 19.2 Å². The smallest absolute Gasteiger partial charge is 0.306 e. The molecule has 2 rings (SSSR count). The van der Waals surface area contributed by atoms with E-state index in [-0.39, 0.29) is 12.0 Å². The molecule has 0 bridgehead atoms. The highest BCUT2D eigenvalue weighted by Crippen LogP contribution is 2.25. The number of benzene rings is 1. The first-order valence-electron chi connectivity index (χ1n) is 6.86. The van der Waals surface area contributed by atoms with E-state index in [1.807, 2.05) is 0 Å². The minimum atomic E-state index is -0.839. The molecule has 0 spiro atoms. The molecule has 1 aliphatic rings. The number of aliphatic carboxylic acids is 1. The molecule has 0 saturated heterocycles. The number of nitrogens with one attached hydrogen (secondary N) is 1. The van der Waals surface area contributed by atoms with Crippen LogP contribution in [0.1, 0.15) is 31.2 Å². The highest BCUT2D eigenvalue weighted by molar-refractivity contribution is 5.70. The molecule has 0 unspecified atom stereocenters. The van der Waals surface area contributed by atoms with Gasteiger partial charge in [0.15, 0.2) is 0 Å². The number of nitrogens with zero attached hydrogens (tertiary/aromatic N) is 1. The molecule has 6 nitrogen and oxygen atoms in total. The second-order valence-corrected chi connectivity index (χ2v) is 5.31. The summed E-state index contributed by atoms with van der Waals surface area (Å²) in [5, 5.41) is 22.7. The third kappa shape index (κ3) is 3.98. The van der Waals surface area contributed by atoms with Crippen LogP contribution in [0.2, 0.25) is 0 Å². The molecule has 114 valence electrons. The molecule has 0 radical (unpaired) electrons. The largest absolute Gasteiger partial charge is 0.481 e. The lowest BCUT2D eigenvalue weighted by molar-refractivity contribution is -0.387. The van der Waals surface area contributed by atoms with E-state index in [4.69, 9.17) is 5.11 Å². The van der Waals surface area contributed by atoms with Gasteiger partial charge in [-0.3, -0.25) is 14.9 Å². The van der Waals surface area contributed by atoms with Crippen molar-refractivity contribution in [2.45, 2.75) is 38.3 Å². The first kappa shape index (κ1) is 15.4. The minimum absolute atomic E-state index is 0.207. The Hall–Kier alpha value is -2.02. The summed E-state index contributed by atoms with van der Waals surface area (Å²) in [5.41, 5.74) is 0.110. The summed E-state index contributed by atoms with van der Waals surface area (Å²) in [6.45, 7) is 0.414. The van der Waals surface area contributed by atoms with E-state index in [9.17, 15) is 19.3 Å². The highest BCUT2D eigenvalue weighted by Gasteiger charge is 2.25. The van der Waals surface area contributed by atoms with Crippen molar-refractivity contribution in [1.29, 1.82) is 0 Å². The maximum absolute atomic E-state index is 13.5. The van der Waals surface area contributed by atoms with Gasteiger partial charge < -0.3 is 10.4 Å². The number of nitro benzene ring substituents is 1. The average Bonchev–Trinajstić information content (AvgIpc) is 2.45. The van der Waals surface area contributed by atoms with E-state index in [1.165, 1.54) is 6.07 Å². The number of rotatable bonds is 5. The van der Waals surface area contributed by atoms with Gasteiger partial charge in [-0.15, -0.1) is 0 Å². The van der Waals surface area contributed by atoms with Crippen molar-refractivity contribution in [3.63, 3.8) is 0 Å². The van der Waals surface area contributed by atoms with Crippen LogP contribution in [0.15, 0.2) is 18.2 Å². The van der Waals surface area contributed by atoms with Crippen LogP contribution in [0.25, 0.3) is 0 Å². The zero-order valence-electron chi connectivity index (χ0n) is 11.4. The van der Waals surface area contributed by atoms with E-state index in [0.717, 1.165) is 25.0 Å². The molecule has 1 aromatic carbocycles. The summed E-state index contributed by atoms with van der Waals surface area (Å²) in [6, 6.07) is 4.05. The molecule has 0 amide bonds. The predicted molar refractivity (Wildman–Crippen MR) is 73.3 cm³/mol. The van der Waals surface area contributed by atoms with Crippen LogP contribution in [-0.2, 0) is 11.3 Å². The lowest BCUT2D eigenvalue weighted by atomic mass is 9.86. The summed E-state index contributed by atoms with van der Waals surface area (Å²) < 4.78 is 13.5. The number of carbonyl (C=O) groups is 1. The van der Waals surface area contributed by atoms with Crippen molar-refractivity contribution >= 4 is 11.7 Å². The second-order valence-electron chi connectivity index (χ2n) is 5.31. The molecule has 0 atom stereocenters. The summed E-state index contributed by atoms with van der Waals surface area (Å²) >= 11 is 0. The standard InChI is InChI=1S/C14H17FN2O4/c15-12-7-9(1-6-13(12)17(20)21)8-16-11-4-2-10(3-5-11)14(18)19/h1,6-7,10-11,16H,2-5,8H2,(H,18,19). The SMILES string of the molecule is O=C(O)C1CCC(NCc2ccc([N+](=O)[O-])c(F)c2)CC1. The quantitative estimate of drug-likeness (QED) is 0.643. The number of halogens is 1. The van der Waals surface area contributed by atoms with E-state index in [1.54, 1.807) is 0 Å². The highest BCUT2D eigenvalue weighted by atomic mass is 19.1. The predicted octanol–water partition coefficient (Wildman–Crippen LogP) is 2.47. The zero-order chi connectivity index (χ0) is 15.4. The Morgan fingerprint density at radius 2 is 2.05 bits per heavy atom. The second kappa shape index (κ2) is 6.62. The van der Waals surface area contributed by atoms with Crippen molar-refractivity contribution in [3.05, 3.63) is 39.7 Å². The number of carboxylic acids is 1. The Morgan fingerprint density at radius 1 is 1.38 bits per heavy atom. The number of carboxylic acid groups (broad SMARTS) is 1. The fraction of sp³-hybridized carbons (Fsp3) is 0.500. The van der Waals surface area contributed by atoms with Gasteiger partial charge in [0, 0.05) is 18.7 Å². The molecule has 0 aromatic heterocycles. The summed E-state index contributed by atoms with van der Waals surface area (Å²) in [7, 11) is 0. The number of nitro groups is 1. The van der Waals surface area contributed by atoms with Crippen LogP contribution in [0, 0.1) is 21.8 Å². The van der Waals surface area contributed by atoms with Crippen LogP contribution >= 0.6 is 0 Å². The van der Waals surface area contributed by atoms with E-state index >= 15 is 0 Å². The lowest BCUT2D eigenvalue weighted by Gasteiger charge is -2.27. The third-order valence-corrected chi connectivity index (χ3v) is 3.88. The fourth-order valence-electron chi connectivity index (χ4n) is 2.62. The normalized spacial score (nSPS) is 22.0. The van der Waals surface area contributed by atoms with Gasteiger partial charge in [0.2, 0.25) is 5.82 Å². The monoisotopic (exact) mass is 296 g/mol. The van der Waals surface area contributed by atoms with E-state index < -0.39 is 22.4 Å². The minimum Gasteiger partial charge on any atom is -0.481 e. The summed E-state index contributed by atoms with van der Waals surface area (Å²) in [6.07, 6.45) is 2.82. The Morgan fingerprint density at radius 3 is 2.57 bits per heavy atom. The summed E-state index contributed by atoms with van der Waals surface area (Å²) in [4.78, 5) is 20.6. The first-order valence-corrected chi connectivity index (χ1v) is 6.86. The van der Waals surface area contributed by atoms with Crippen LogP contribution in [0.4, 0.5) is 10.1 Å². The fourth-order valence-corrected chi connectivity index (χ4v) is 2.62. The maximum Gasteiger partial charge on any atom is 0.306 e. The molecule has 0 aliphatic heterocycles. The van der Waals surface area contributed by atoms with Gasteiger partial charge in [-0.25, -0.2) is 0 Å². The van der Waals surface area contributed by atoms with Gasteiger partial charge in [-0.1, -0.05) is 6.07 Å². The van der Waals surface area contributed by atoms with Crippen LogP contribution in [0.3, 0.4) is 0 Å². The Bertz CT molecular complexity index is 542. The molecular formula is C14H17FN2O4. The van der Waals surface area contributed by atoms with Crippen molar-refractivity contribution in [2.75, 3.05) is 0 Å². The van der Waals surface area contributed by atoms with Crippen molar-refractivity contribution in [2.24, 2.45) is 5.92 Å². The van der Waals surface area contributed by atoms with Crippen molar-refractivity contribution in [3.8, 4) is 0 Å². The Kier molecular flexibility index (Phi) is 4.85. The van der Waals surface area contributed by atoms with Gasteiger partial charge in [0.1, 0.15) is 0 Å². The number of hydrogen-bond acceptors (Lipinski definition) is 4. The Balaban J connectivity index is 1.85. The van der Waals surface area contributed by atoms with Crippen LogP contribution < -0.4 is 5.32 Å². The van der Waals surface area contributed by atoms with E-state index in [2.05, 4.69) is 5.32 Å². The zero-order valence-corrected chi connectivity index (χ0v) is 11.4. The molecule has 1 saturated carbocycles. The molecule has 21 heavy (non-hydrogen) atoms. The summed E-state index contributed by atoms with van der Waals surface area (Å²) in [5.74, 6) is -1.85. The van der Waals surface area contributed by atoms with Crippen molar-refractivity contribution in [1.82, 2.24) is 5.32 Å². The van der Waals surface area contributed by atoms with E-state index in [0.29, 0.717) is 24.9 Å². The molecule has 7 heteroatoms. The molecule has 1 aliphatic carbocycles. The lowest BCUT2D eigenvalue weighted by Crippen LogP contribution is -2.34. The first-order chi connectivity index (χ1) is 9.97. The molecule has 0 heterocycles. The third-order valence-electron chi connectivity index (χ3n) is 3.88. The Labute approximate surface area is 121 Å². The van der Waals surface area contributed by atoms with Gasteiger partial charge in [-0.05, 0) is 37.3 Å². The van der Waals surface area contributed by atoms with Crippen LogP contribution in [0.5, 0.6) is 0 Å².